The molecule has 7 nitrogen and oxygen atoms in total. The molecule has 0 bridgehead atoms. The van der Waals surface area contributed by atoms with Crippen LogP contribution in [0, 0.1) is 6.92 Å². The van der Waals surface area contributed by atoms with Gasteiger partial charge in [0.05, 0.1) is 23.1 Å². The van der Waals surface area contributed by atoms with E-state index in [0.29, 0.717) is 28.6 Å². The van der Waals surface area contributed by atoms with E-state index >= 15 is 0 Å². The van der Waals surface area contributed by atoms with Crippen molar-refractivity contribution in [2.75, 3.05) is 5.32 Å². The van der Waals surface area contributed by atoms with E-state index in [-0.39, 0.29) is 6.61 Å². The highest BCUT2D eigenvalue weighted by molar-refractivity contribution is 7.13. The normalized spacial score (nSPS) is 11.3. The number of benzene rings is 1. The van der Waals surface area contributed by atoms with Crippen molar-refractivity contribution in [3.8, 4) is 0 Å². The lowest BCUT2D eigenvalue weighted by molar-refractivity contribution is -0.105. The molecule has 0 saturated heterocycles. The second kappa shape index (κ2) is 7.75. The van der Waals surface area contributed by atoms with E-state index in [9.17, 15) is 4.79 Å². The number of hydrogen-bond acceptors (Lipinski definition) is 8. The van der Waals surface area contributed by atoms with Gasteiger partial charge in [-0.15, -0.1) is 11.3 Å². The molecule has 0 aliphatic carbocycles. The van der Waals surface area contributed by atoms with Gasteiger partial charge in [0.15, 0.2) is 11.7 Å². The van der Waals surface area contributed by atoms with Gasteiger partial charge in [0.1, 0.15) is 11.4 Å². The topological polar surface area (TPSA) is 89.4 Å². The van der Waals surface area contributed by atoms with E-state index in [1.807, 2.05) is 37.3 Å². The fourth-order valence-corrected chi connectivity index (χ4v) is 3.13. The maximum Gasteiger partial charge on any atom is 0.213 e. The highest BCUT2D eigenvalue weighted by atomic mass is 32.1. The zero-order valence-electron chi connectivity index (χ0n) is 12.7. The van der Waals surface area contributed by atoms with E-state index in [4.69, 9.17) is 4.84 Å². The van der Waals surface area contributed by atoms with Crippen molar-refractivity contribution in [1.29, 1.82) is 0 Å². The van der Waals surface area contributed by atoms with Gasteiger partial charge in [0.2, 0.25) is 6.41 Å². The highest BCUT2D eigenvalue weighted by Crippen LogP contribution is 2.17. The van der Waals surface area contributed by atoms with E-state index in [1.54, 1.807) is 5.38 Å². The van der Waals surface area contributed by atoms with Gasteiger partial charge in [-0.05, 0) is 6.92 Å². The molecule has 0 saturated carbocycles. The summed E-state index contributed by atoms with van der Waals surface area (Å²) in [5.41, 5.74) is 3.72. The fraction of sp³-hybridized carbons (Fsp3) is 0.133. The summed E-state index contributed by atoms with van der Waals surface area (Å²) >= 11 is 2.47. The van der Waals surface area contributed by atoms with Crippen molar-refractivity contribution in [3.63, 3.8) is 0 Å². The maximum atomic E-state index is 10.4. The van der Waals surface area contributed by atoms with Crippen molar-refractivity contribution in [1.82, 2.24) is 13.7 Å². The number of nitrogens with zero attached hydrogens (tertiary/aromatic N) is 4. The van der Waals surface area contributed by atoms with Crippen LogP contribution < -0.4 is 5.32 Å². The third-order valence-electron chi connectivity index (χ3n) is 3.03. The van der Waals surface area contributed by atoms with E-state index < -0.39 is 0 Å². The lowest BCUT2D eigenvalue weighted by Crippen LogP contribution is -2.07. The molecule has 1 N–H and O–H groups in total. The number of oxime groups is 1. The number of hydrogen-bond donors (Lipinski definition) is 1. The van der Waals surface area contributed by atoms with Gasteiger partial charge in [-0.25, -0.2) is 4.98 Å². The molecule has 1 aromatic carbocycles. The largest absolute Gasteiger partial charge is 0.389 e. The molecule has 0 spiro atoms. The minimum atomic E-state index is 0.198. The van der Waals surface area contributed by atoms with Crippen LogP contribution in [0.5, 0.6) is 0 Å². The predicted octanol–water partition coefficient (Wildman–Crippen LogP) is 2.84. The first-order valence-corrected chi connectivity index (χ1v) is 8.58. The van der Waals surface area contributed by atoms with Crippen LogP contribution in [0.1, 0.15) is 22.6 Å². The van der Waals surface area contributed by atoms with Gasteiger partial charge < -0.3 is 10.2 Å². The summed E-state index contributed by atoms with van der Waals surface area (Å²) in [7, 11) is 0. The van der Waals surface area contributed by atoms with Crippen LogP contribution in [0.4, 0.5) is 5.13 Å². The van der Waals surface area contributed by atoms with Crippen LogP contribution in [-0.2, 0) is 16.2 Å². The summed E-state index contributed by atoms with van der Waals surface area (Å²) < 4.78 is 8.50. The van der Waals surface area contributed by atoms with Crippen molar-refractivity contribution >= 4 is 40.3 Å². The number of aryl methyl sites for hydroxylation is 1. The Morgan fingerprint density at radius 1 is 1.33 bits per heavy atom. The predicted molar refractivity (Wildman–Crippen MR) is 93.3 cm³/mol. The summed E-state index contributed by atoms with van der Waals surface area (Å²) in [4.78, 5) is 20.1. The van der Waals surface area contributed by atoms with Crippen LogP contribution in [-0.4, -0.2) is 25.9 Å². The Labute approximate surface area is 146 Å². The number of carbonyl (C=O) groups excluding carboxylic acids is 1. The Morgan fingerprint density at radius 2 is 2.17 bits per heavy atom. The van der Waals surface area contributed by atoms with E-state index in [1.165, 1.54) is 11.3 Å². The second-order valence-electron chi connectivity index (χ2n) is 4.68. The Morgan fingerprint density at radius 3 is 2.88 bits per heavy atom. The molecule has 1 amide bonds. The van der Waals surface area contributed by atoms with E-state index in [2.05, 4.69) is 24.2 Å². The first-order valence-electron chi connectivity index (χ1n) is 6.97. The molecule has 0 fully saturated rings. The average Bonchev–Trinajstić information content (AvgIpc) is 3.22. The van der Waals surface area contributed by atoms with Crippen LogP contribution in [0.3, 0.4) is 0 Å². The molecule has 0 aliphatic heterocycles. The molecular formula is C15H13N5O2S2. The summed E-state index contributed by atoms with van der Waals surface area (Å²) in [6, 6.07) is 9.67. The molecule has 2 heterocycles. The van der Waals surface area contributed by atoms with E-state index in [0.717, 1.165) is 23.0 Å². The molecule has 24 heavy (non-hydrogen) atoms. The third kappa shape index (κ3) is 3.81. The standard InChI is InChI=1S/C15H13N5O2S2/c1-10-13(20-24-19-10)14(11-5-3-2-4-6-11)18-22-7-12-8-23-15(17-12)16-9-21/h2-6,8-9H,7H2,1H3,(H,16,17,21)/b18-14-. The summed E-state index contributed by atoms with van der Waals surface area (Å²) in [6.07, 6.45) is 0.590. The van der Waals surface area contributed by atoms with Gasteiger partial charge in [-0.3, -0.25) is 4.79 Å². The smallest absolute Gasteiger partial charge is 0.213 e. The molecule has 3 aromatic rings. The Bertz CT molecular complexity index is 844. The molecule has 0 radical (unpaired) electrons. The molecule has 122 valence electrons. The van der Waals surface area contributed by atoms with Crippen LogP contribution in [0.25, 0.3) is 0 Å². The number of nitrogens with one attached hydrogen (secondary N) is 1. The number of rotatable bonds is 7. The van der Waals surface area contributed by atoms with Gasteiger partial charge in [-0.2, -0.15) is 8.75 Å². The molecule has 2 aromatic heterocycles. The second-order valence-corrected chi connectivity index (χ2v) is 6.07. The van der Waals surface area contributed by atoms with Gasteiger partial charge in [0, 0.05) is 10.9 Å². The molecule has 9 heteroatoms. The van der Waals surface area contributed by atoms with Crippen LogP contribution in [0.2, 0.25) is 0 Å². The van der Waals surface area contributed by atoms with Crippen molar-refractivity contribution < 1.29 is 9.63 Å². The summed E-state index contributed by atoms with van der Waals surface area (Å²) in [5.74, 6) is 0. The zero-order chi connectivity index (χ0) is 16.8. The molecule has 0 atom stereocenters. The number of aromatic nitrogens is 3. The van der Waals surface area contributed by atoms with Gasteiger partial charge >= 0.3 is 0 Å². The Balaban J connectivity index is 1.79. The number of amides is 1. The zero-order valence-corrected chi connectivity index (χ0v) is 14.3. The lowest BCUT2D eigenvalue weighted by atomic mass is 10.1. The van der Waals surface area contributed by atoms with Crippen LogP contribution >= 0.6 is 23.1 Å². The quantitative estimate of drug-likeness (QED) is 0.398. The minimum absolute atomic E-state index is 0.198. The van der Waals surface area contributed by atoms with Crippen LogP contribution in [0.15, 0.2) is 40.9 Å². The maximum absolute atomic E-state index is 10.4. The SMILES string of the molecule is Cc1nsnc1/C(=N\OCc1csc(NC=O)n1)c1ccccc1. The molecular weight excluding hydrogens is 346 g/mol. The number of carbonyl (C=O) groups is 1. The highest BCUT2D eigenvalue weighted by Gasteiger charge is 2.14. The van der Waals surface area contributed by atoms with Crippen molar-refractivity contribution in [2.45, 2.75) is 13.5 Å². The Kier molecular flexibility index (Phi) is 5.24. The fourth-order valence-electron chi connectivity index (χ4n) is 1.93. The van der Waals surface area contributed by atoms with Gasteiger partial charge in [-0.1, -0.05) is 35.5 Å². The first kappa shape index (κ1) is 16.2. The molecule has 0 aliphatic rings. The Hall–Kier alpha value is -2.65. The third-order valence-corrected chi connectivity index (χ3v) is 4.47. The molecule has 0 unspecified atom stereocenters. The monoisotopic (exact) mass is 359 g/mol. The average molecular weight is 359 g/mol. The number of thiazole rings is 1. The van der Waals surface area contributed by atoms with Crippen molar-refractivity contribution in [3.05, 3.63) is 58.4 Å². The summed E-state index contributed by atoms with van der Waals surface area (Å²) in [5, 5.41) is 9.07. The first-order chi connectivity index (χ1) is 11.8. The van der Waals surface area contributed by atoms with Gasteiger partial charge in [0.25, 0.3) is 0 Å². The molecule has 3 rings (SSSR count). The van der Waals surface area contributed by atoms with Crippen molar-refractivity contribution in [2.24, 2.45) is 5.16 Å². The minimum Gasteiger partial charge on any atom is -0.389 e. The summed E-state index contributed by atoms with van der Waals surface area (Å²) in [6.45, 7) is 2.08. The number of anilines is 1. The lowest BCUT2D eigenvalue weighted by Gasteiger charge is -2.04.